The fourth-order valence-corrected chi connectivity index (χ4v) is 4.76. The van der Waals surface area contributed by atoms with Crippen LogP contribution in [0.2, 0.25) is 0 Å². The van der Waals surface area contributed by atoms with Crippen molar-refractivity contribution < 1.29 is 23.0 Å². The second-order valence-electron chi connectivity index (χ2n) is 6.00. The fourth-order valence-electron chi connectivity index (χ4n) is 3.17. The lowest BCUT2D eigenvalue weighted by molar-refractivity contribution is 0.0891. The van der Waals surface area contributed by atoms with Crippen LogP contribution in [-0.4, -0.2) is 45.1 Å². The summed E-state index contributed by atoms with van der Waals surface area (Å²) in [7, 11) is 0.966. The third-order valence-electron chi connectivity index (χ3n) is 4.58. The molecule has 0 saturated heterocycles. The van der Waals surface area contributed by atoms with E-state index in [1.165, 1.54) is 17.4 Å². The SMILES string of the molecule is COc1cc(C[C@@H]2[C@@H](O)c3ccccc3S(=O)(=O)N2C)cc(OC)c1. The van der Waals surface area contributed by atoms with Crippen molar-refractivity contribution >= 4 is 10.0 Å². The van der Waals surface area contributed by atoms with Crippen LogP contribution < -0.4 is 9.47 Å². The number of likely N-dealkylation sites (N-methyl/N-ethyl adjacent to an activating group) is 1. The van der Waals surface area contributed by atoms with Crippen molar-refractivity contribution in [3.05, 3.63) is 53.6 Å². The molecule has 1 heterocycles. The number of benzene rings is 2. The number of nitrogens with zero attached hydrogens (tertiary/aromatic N) is 1. The highest BCUT2D eigenvalue weighted by Crippen LogP contribution is 2.37. The number of sulfonamides is 1. The molecule has 0 radical (unpaired) electrons. The van der Waals surface area contributed by atoms with Gasteiger partial charge in [-0.1, -0.05) is 18.2 Å². The first-order valence-electron chi connectivity index (χ1n) is 7.85. The fraction of sp³-hybridized carbons (Fsp3) is 0.333. The molecule has 0 fully saturated rings. The third kappa shape index (κ3) is 3.10. The Morgan fingerprint density at radius 1 is 1.08 bits per heavy atom. The summed E-state index contributed by atoms with van der Waals surface area (Å²) in [5.74, 6) is 1.23. The Morgan fingerprint density at radius 3 is 2.28 bits per heavy atom. The normalized spacial score (nSPS) is 22.2. The lowest BCUT2D eigenvalue weighted by Crippen LogP contribution is -2.46. The number of ether oxygens (including phenoxy) is 2. The summed E-state index contributed by atoms with van der Waals surface area (Å²) in [5.41, 5.74) is 1.25. The van der Waals surface area contributed by atoms with E-state index in [0.717, 1.165) is 5.56 Å². The van der Waals surface area contributed by atoms with Crippen LogP contribution in [0.1, 0.15) is 17.2 Å². The molecule has 0 bridgehead atoms. The van der Waals surface area contributed by atoms with E-state index < -0.39 is 22.2 Å². The molecule has 2 aromatic rings. The summed E-state index contributed by atoms with van der Waals surface area (Å²) in [4.78, 5) is 0.157. The number of aliphatic hydroxyl groups excluding tert-OH is 1. The number of aliphatic hydroxyl groups is 1. The maximum Gasteiger partial charge on any atom is 0.243 e. The Kier molecular flexibility index (Phi) is 4.73. The van der Waals surface area contributed by atoms with Crippen LogP contribution in [0.4, 0.5) is 0 Å². The molecule has 6 nitrogen and oxygen atoms in total. The first-order valence-corrected chi connectivity index (χ1v) is 9.29. The molecule has 0 aliphatic carbocycles. The van der Waals surface area contributed by atoms with Gasteiger partial charge in [0.05, 0.1) is 31.3 Å². The molecule has 3 rings (SSSR count). The smallest absolute Gasteiger partial charge is 0.243 e. The zero-order valence-electron chi connectivity index (χ0n) is 14.3. The summed E-state index contributed by atoms with van der Waals surface area (Å²) >= 11 is 0. The first kappa shape index (κ1) is 17.7. The van der Waals surface area contributed by atoms with E-state index in [1.54, 1.807) is 38.5 Å². The molecule has 1 aliphatic rings. The topological polar surface area (TPSA) is 76.1 Å². The Hall–Kier alpha value is -2.09. The van der Waals surface area contributed by atoms with Gasteiger partial charge in [0.1, 0.15) is 11.5 Å². The number of fused-ring (bicyclic) bond motifs is 1. The van der Waals surface area contributed by atoms with Crippen molar-refractivity contribution in [3.8, 4) is 11.5 Å². The third-order valence-corrected chi connectivity index (χ3v) is 6.54. The minimum absolute atomic E-state index is 0.157. The molecule has 1 aliphatic heterocycles. The second-order valence-corrected chi connectivity index (χ2v) is 7.96. The molecular formula is C18H21NO5S. The molecule has 0 spiro atoms. The molecule has 0 amide bonds. The van der Waals surface area contributed by atoms with Gasteiger partial charge in [-0.3, -0.25) is 0 Å². The zero-order valence-corrected chi connectivity index (χ0v) is 15.2. The van der Waals surface area contributed by atoms with E-state index in [2.05, 4.69) is 0 Å². The maximum absolute atomic E-state index is 12.8. The van der Waals surface area contributed by atoms with Gasteiger partial charge < -0.3 is 14.6 Å². The monoisotopic (exact) mass is 363 g/mol. The zero-order chi connectivity index (χ0) is 18.2. The van der Waals surface area contributed by atoms with E-state index >= 15 is 0 Å². The van der Waals surface area contributed by atoms with Crippen molar-refractivity contribution in [2.45, 2.75) is 23.5 Å². The highest BCUT2D eigenvalue weighted by Gasteiger charge is 2.41. The Balaban J connectivity index is 2.01. The number of methoxy groups -OCH3 is 2. The van der Waals surface area contributed by atoms with Gasteiger partial charge in [-0.2, -0.15) is 4.31 Å². The molecule has 7 heteroatoms. The first-order chi connectivity index (χ1) is 11.9. The van der Waals surface area contributed by atoms with Crippen molar-refractivity contribution in [1.82, 2.24) is 4.31 Å². The van der Waals surface area contributed by atoms with Gasteiger partial charge in [-0.25, -0.2) is 8.42 Å². The van der Waals surface area contributed by atoms with Crippen molar-refractivity contribution in [1.29, 1.82) is 0 Å². The Labute approximate surface area is 147 Å². The predicted molar refractivity (Wildman–Crippen MR) is 93.4 cm³/mol. The highest BCUT2D eigenvalue weighted by atomic mass is 32.2. The average molecular weight is 363 g/mol. The molecule has 0 saturated carbocycles. The molecule has 1 N–H and O–H groups in total. The van der Waals surface area contributed by atoms with Crippen LogP contribution >= 0.6 is 0 Å². The molecule has 2 atom stereocenters. The molecule has 0 unspecified atom stereocenters. The minimum atomic E-state index is -3.64. The molecular weight excluding hydrogens is 342 g/mol. The van der Waals surface area contributed by atoms with E-state index in [4.69, 9.17) is 9.47 Å². The van der Waals surface area contributed by atoms with Gasteiger partial charge in [0, 0.05) is 18.7 Å². The number of hydrogen-bond donors (Lipinski definition) is 1. The van der Waals surface area contributed by atoms with E-state index in [-0.39, 0.29) is 4.90 Å². The Morgan fingerprint density at radius 2 is 1.68 bits per heavy atom. The van der Waals surface area contributed by atoms with Crippen LogP contribution in [-0.2, 0) is 16.4 Å². The van der Waals surface area contributed by atoms with Crippen LogP contribution in [0.5, 0.6) is 11.5 Å². The van der Waals surface area contributed by atoms with Gasteiger partial charge in [0.2, 0.25) is 10.0 Å². The predicted octanol–water partition coefficient (Wildman–Crippen LogP) is 1.98. The minimum Gasteiger partial charge on any atom is -0.497 e. The molecule has 134 valence electrons. The quantitative estimate of drug-likeness (QED) is 0.899. The van der Waals surface area contributed by atoms with Gasteiger partial charge in [-0.05, 0) is 30.2 Å². The molecule has 25 heavy (non-hydrogen) atoms. The molecule has 0 aromatic heterocycles. The van der Waals surface area contributed by atoms with Gasteiger partial charge in [0.15, 0.2) is 0 Å². The summed E-state index contributed by atoms with van der Waals surface area (Å²) in [6, 6.07) is 11.3. The van der Waals surface area contributed by atoms with Gasteiger partial charge >= 0.3 is 0 Å². The summed E-state index contributed by atoms with van der Waals surface area (Å²) in [6.07, 6.45) is -0.583. The summed E-state index contributed by atoms with van der Waals surface area (Å²) in [5, 5.41) is 10.8. The van der Waals surface area contributed by atoms with Crippen molar-refractivity contribution in [3.63, 3.8) is 0 Å². The van der Waals surface area contributed by atoms with E-state index in [0.29, 0.717) is 23.5 Å². The average Bonchev–Trinajstić information content (AvgIpc) is 2.63. The van der Waals surface area contributed by atoms with Crippen LogP contribution in [0.15, 0.2) is 47.4 Å². The van der Waals surface area contributed by atoms with Crippen molar-refractivity contribution in [2.75, 3.05) is 21.3 Å². The van der Waals surface area contributed by atoms with E-state index in [1.807, 2.05) is 12.1 Å². The summed E-state index contributed by atoms with van der Waals surface area (Å²) in [6.45, 7) is 0. The standard InChI is InChI=1S/C18H21NO5S/c1-19-16(10-12-8-13(23-2)11-14(9-12)24-3)18(20)15-6-4-5-7-17(15)25(19,21)22/h4-9,11,16,18,20H,10H2,1-3H3/t16-,18+/m1/s1. The van der Waals surface area contributed by atoms with Gasteiger partial charge in [-0.15, -0.1) is 0 Å². The second kappa shape index (κ2) is 6.67. The van der Waals surface area contributed by atoms with Crippen molar-refractivity contribution in [2.24, 2.45) is 0 Å². The van der Waals surface area contributed by atoms with E-state index in [9.17, 15) is 13.5 Å². The van der Waals surface area contributed by atoms with Crippen LogP contribution in [0.3, 0.4) is 0 Å². The molecule has 2 aromatic carbocycles. The Bertz CT molecular complexity index is 859. The summed E-state index contributed by atoms with van der Waals surface area (Å²) < 4.78 is 37.3. The number of hydrogen-bond acceptors (Lipinski definition) is 5. The lowest BCUT2D eigenvalue weighted by atomic mass is 9.95. The highest BCUT2D eigenvalue weighted by molar-refractivity contribution is 7.89. The maximum atomic E-state index is 12.8. The largest absolute Gasteiger partial charge is 0.497 e. The lowest BCUT2D eigenvalue weighted by Gasteiger charge is -2.37. The van der Waals surface area contributed by atoms with Gasteiger partial charge in [0.25, 0.3) is 0 Å². The number of rotatable bonds is 4. The van der Waals surface area contributed by atoms with Crippen LogP contribution in [0.25, 0.3) is 0 Å². The van der Waals surface area contributed by atoms with Crippen LogP contribution in [0, 0.1) is 0 Å².